The second-order valence-electron chi connectivity index (χ2n) is 12.7. The van der Waals surface area contributed by atoms with E-state index in [1.165, 1.54) is 0 Å². The van der Waals surface area contributed by atoms with Gasteiger partial charge in [-0.2, -0.15) is 0 Å². The van der Waals surface area contributed by atoms with Crippen LogP contribution in [0.3, 0.4) is 0 Å². The number of ether oxygens (including phenoxy) is 1. The second kappa shape index (κ2) is 32.6. The largest absolute Gasteiger partial charge is 0.756 e. The van der Waals surface area contributed by atoms with Gasteiger partial charge in [-0.3, -0.25) is 9.36 Å². The van der Waals surface area contributed by atoms with Crippen LogP contribution in [-0.2, 0) is 23.1 Å². The quantitative estimate of drug-likeness (QED) is 0.0253. The molecular formula is C40H66NO7P. The molecule has 278 valence electrons. The number of likely N-dealkylation sites (N-methyl/N-ethyl adjacent to an activating group) is 1. The molecule has 2 unspecified atom stereocenters. The Hall–Kier alpha value is -2.58. The van der Waals surface area contributed by atoms with Gasteiger partial charge in [-0.25, -0.2) is 0 Å². The van der Waals surface area contributed by atoms with Gasteiger partial charge in [0.25, 0.3) is 7.82 Å². The average molecular weight is 704 g/mol. The Bertz CT molecular complexity index is 1100. The fraction of sp³-hybridized carbons (Fsp3) is 0.575. The van der Waals surface area contributed by atoms with Crippen molar-refractivity contribution < 1.29 is 37.6 Å². The van der Waals surface area contributed by atoms with E-state index >= 15 is 0 Å². The van der Waals surface area contributed by atoms with E-state index in [0.717, 1.165) is 77.0 Å². The Morgan fingerprint density at radius 3 is 1.53 bits per heavy atom. The van der Waals surface area contributed by atoms with Crippen LogP contribution in [0.25, 0.3) is 0 Å². The van der Waals surface area contributed by atoms with Gasteiger partial charge in [-0.15, -0.1) is 0 Å². The molecule has 0 aromatic carbocycles. The summed E-state index contributed by atoms with van der Waals surface area (Å²) >= 11 is 0. The first kappa shape index (κ1) is 46.4. The van der Waals surface area contributed by atoms with E-state index < -0.39 is 26.5 Å². The summed E-state index contributed by atoms with van der Waals surface area (Å²) in [7, 11) is 1.21. The van der Waals surface area contributed by atoms with Crippen molar-refractivity contribution in [1.29, 1.82) is 0 Å². The van der Waals surface area contributed by atoms with Crippen molar-refractivity contribution in [2.24, 2.45) is 0 Å². The minimum Gasteiger partial charge on any atom is -0.756 e. The fourth-order valence-electron chi connectivity index (χ4n) is 4.02. The van der Waals surface area contributed by atoms with Crippen molar-refractivity contribution in [2.75, 3.05) is 47.5 Å². The lowest BCUT2D eigenvalue weighted by molar-refractivity contribution is -0.870. The maximum atomic E-state index is 11.9. The molecule has 0 aliphatic rings. The molecule has 0 heterocycles. The first-order valence-corrected chi connectivity index (χ1v) is 19.5. The molecule has 0 spiro atoms. The lowest BCUT2D eigenvalue weighted by Gasteiger charge is -2.27. The molecule has 0 bridgehead atoms. The molecule has 0 amide bonds. The molecule has 0 saturated carbocycles. The van der Waals surface area contributed by atoms with Crippen LogP contribution in [0.4, 0.5) is 0 Å². The smallest absolute Gasteiger partial charge is 0.305 e. The van der Waals surface area contributed by atoms with Crippen molar-refractivity contribution in [3.8, 4) is 0 Å². The Kier molecular flexibility index (Phi) is 30.9. The topological polar surface area (TPSA) is 105 Å². The van der Waals surface area contributed by atoms with Crippen LogP contribution in [0.2, 0.25) is 0 Å². The first-order chi connectivity index (χ1) is 23.6. The summed E-state index contributed by atoms with van der Waals surface area (Å²) in [6.45, 7) is 1.77. The number of quaternary nitrogens is 1. The normalized spacial score (nSPS) is 15.1. The van der Waals surface area contributed by atoms with Crippen LogP contribution in [0.1, 0.15) is 96.8 Å². The fourth-order valence-corrected chi connectivity index (χ4v) is 4.75. The van der Waals surface area contributed by atoms with Crippen molar-refractivity contribution in [3.05, 3.63) is 97.2 Å². The first-order valence-electron chi connectivity index (χ1n) is 18.0. The third kappa shape index (κ3) is 38.1. The minimum absolute atomic E-state index is 0.0185. The molecule has 9 heteroatoms. The van der Waals surface area contributed by atoms with Crippen LogP contribution in [-0.4, -0.2) is 69.2 Å². The van der Waals surface area contributed by atoms with Crippen LogP contribution >= 0.6 is 7.82 Å². The van der Waals surface area contributed by atoms with Crippen molar-refractivity contribution in [1.82, 2.24) is 0 Å². The van der Waals surface area contributed by atoms with E-state index in [4.69, 9.17) is 9.26 Å². The standard InChI is InChI=1S/C40H66NO7P/c1-5-6-7-8-9-10-11-12-13-14-15-16-17-18-19-20-21-22-23-24-25-26-27-28-29-30-31-32-33-34-40(43)46-37-39(42)38-48-49(44,45)47-36-35-41(2,3)4/h6-7,9-10,12-13,15-16,18-19,21-22,24-25,27-28,39,42H,5,8,11,14,17,20,23,26,29-38H2,1-4H3/b7-6-,10-9-,13-12-,16-15-,19-18-,22-21-,25-24-,28-27-. The lowest BCUT2D eigenvalue weighted by atomic mass is 10.1. The molecule has 0 fully saturated rings. The highest BCUT2D eigenvalue weighted by Gasteiger charge is 2.16. The number of carbonyl (C=O) groups is 1. The molecule has 0 rings (SSSR count). The van der Waals surface area contributed by atoms with Crippen molar-refractivity contribution in [3.63, 3.8) is 0 Å². The molecule has 0 aromatic heterocycles. The molecule has 1 N–H and O–H groups in total. The zero-order chi connectivity index (χ0) is 36.3. The number of aliphatic hydroxyl groups excluding tert-OH is 1. The highest BCUT2D eigenvalue weighted by molar-refractivity contribution is 7.45. The van der Waals surface area contributed by atoms with Crippen LogP contribution in [0.15, 0.2) is 97.2 Å². The number of hydrogen-bond donors (Lipinski definition) is 1. The van der Waals surface area contributed by atoms with Gasteiger partial charge in [0, 0.05) is 6.42 Å². The number of esters is 1. The maximum Gasteiger partial charge on any atom is 0.305 e. The Morgan fingerprint density at radius 2 is 1.08 bits per heavy atom. The number of hydrogen-bond acceptors (Lipinski definition) is 7. The van der Waals surface area contributed by atoms with Gasteiger partial charge in [-0.05, 0) is 70.6 Å². The predicted octanol–water partition coefficient (Wildman–Crippen LogP) is 9.03. The van der Waals surface area contributed by atoms with E-state index in [1.807, 2.05) is 21.1 Å². The van der Waals surface area contributed by atoms with E-state index in [0.29, 0.717) is 17.4 Å². The van der Waals surface area contributed by atoms with Crippen LogP contribution in [0, 0.1) is 0 Å². The van der Waals surface area contributed by atoms with E-state index in [-0.39, 0.29) is 19.6 Å². The number of rotatable bonds is 31. The zero-order valence-corrected chi connectivity index (χ0v) is 31.7. The molecule has 0 aliphatic carbocycles. The zero-order valence-electron chi connectivity index (χ0n) is 30.8. The van der Waals surface area contributed by atoms with Gasteiger partial charge in [0.2, 0.25) is 0 Å². The monoisotopic (exact) mass is 703 g/mol. The number of unbranched alkanes of at least 4 members (excludes halogenated alkanes) is 4. The number of nitrogens with zero attached hydrogens (tertiary/aromatic N) is 1. The molecular weight excluding hydrogens is 637 g/mol. The van der Waals surface area contributed by atoms with E-state index in [2.05, 4.69) is 109 Å². The molecule has 0 radical (unpaired) electrons. The van der Waals surface area contributed by atoms with E-state index in [9.17, 15) is 19.4 Å². The highest BCUT2D eigenvalue weighted by atomic mass is 31.2. The Morgan fingerprint density at radius 1 is 0.653 bits per heavy atom. The van der Waals surface area contributed by atoms with Gasteiger partial charge < -0.3 is 28.3 Å². The maximum absolute atomic E-state index is 11.9. The summed E-state index contributed by atoms with van der Waals surface area (Å²) in [6, 6.07) is 0. The van der Waals surface area contributed by atoms with Crippen LogP contribution < -0.4 is 4.89 Å². The van der Waals surface area contributed by atoms with Gasteiger partial charge >= 0.3 is 5.97 Å². The number of carbonyl (C=O) groups excluding carboxylic acids is 1. The summed E-state index contributed by atoms with van der Waals surface area (Å²) in [6.07, 6.45) is 47.0. The summed E-state index contributed by atoms with van der Waals surface area (Å²) < 4.78 is 26.8. The molecule has 0 saturated heterocycles. The molecule has 49 heavy (non-hydrogen) atoms. The predicted molar refractivity (Wildman–Crippen MR) is 203 cm³/mol. The number of phosphoric acid groups is 1. The van der Waals surface area contributed by atoms with Gasteiger partial charge in [0.15, 0.2) is 0 Å². The summed E-state index contributed by atoms with van der Waals surface area (Å²) in [4.78, 5) is 23.6. The molecule has 0 aromatic rings. The summed E-state index contributed by atoms with van der Waals surface area (Å²) in [5.41, 5.74) is 0. The summed E-state index contributed by atoms with van der Waals surface area (Å²) in [5, 5.41) is 9.86. The molecule has 0 aliphatic heterocycles. The second-order valence-corrected chi connectivity index (χ2v) is 14.1. The van der Waals surface area contributed by atoms with Gasteiger partial charge in [-0.1, -0.05) is 117 Å². The molecule has 2 atom stereocenters. The van der Waals surface area contributed by atoms with Crippen molar-refractivity contribution in [2.45, 2.75) is 103 Å². The highest BCUT2D eigenvalue weighted by Crippen LogP contribution is 2.38. The third-order valence-corrected chi connectivity index (χ3v) is 7.81. The van der Waals surface area contributed by atoms with Gasteiger partial charge in [0.1, 0.15) is 25.9 Å². The van der Waals surface area contributed by atoms with E-state index in [1.54, 1.807) is 0 Å². The van der Waals surface area contributed by atoms with Crippen LogP contribution in [0.5, 0.6) is 0 Å². The average Bonchev–Trinajstić information content (AvgIpc) is 3.05. The number of aliphatic hydroxyl groups is 1. The lowest BCUT2D eigenvalue weighted by Crippen LogP contribution is -2.37. The number of phosphoric ester groups is 1. The number of allylic oxidation sites excluding steroid dienone is 16. The van der Waals surface area contributed by atoms with Crippen molar-refractivity contribution >= 4 is 13.8 Å². The van der Waals surface area contributed by atoms with Gasteiger partial charge in [0.05, 0.1) is 27.7 Å². The Balaban J connectivity index is 3.67. The summed E-state index contributed by atoms with van der Waals surface area (Å²) in [5.74, 6) is -0.417. The minimum atomic E-state index is -4.51. The SMILES string of the molecule is CC/C=C\C/C=C\C/C=C\C/C=C\C/C=C\C/C=C\C/C=C\C/C=C\CCCCCCC(=O)OCC(O)COP(=O)([O-])OCC[N+](C)(C)C. The molecule has 8 nitrogen and oxygen atoms in total. The Labute approximate surface area is 298 Å². The third-order valence-electron chi connectivity index (χ3n) is 6.85.